The van der Waals surface area contributed by atoms with Gasteiger partial charge in [-0.2, -0.15) is 0 Å². The van der Waals surface area contributed by atoms with Crippen molar-refractivity contribution in [3.8, 4) is 11.4 Å². The summed E-state index contributed by atoms with van der Waals surface area (Å²) in [6.07, 6.45) is 16.7. The Hall–Kier alpha value is -1.29. The van der Waals surface area contributed by atoms with Crippen molar-refractivity contribution in [2.24, 2.45) is 35.5 Å². The summed E-state index contributed by atoms with van der Waals surface area (Å²) in [5, 5.41) is 0. The molecular weight excluding hydrogens is 494 g/mol. The molecule has 1 aromatic carbocycles. The van der Waals surface area contributed by atoms with Crippen molar-refractivity contribution < 1.29 is 0 Å². The molecule has 0 amide bonds. The lowest BCUT2D eigenvalue weighted by Gasteiger charge is -2.57. The van der Waals surface area contributed by atoms with E-state index in [9.17, 15) is 0 Å². The largest absolute Gasteiger partial charge is 0.217 e. The van der Waals surface area contributed by atoms with Gasteiger partial charge in [0.15, 0.2) is 5.82 Å². The van der Waals surface area contributed by atoms with Crippen LogP contribution in [-0.2, 0) is 10.8 Å². The molecule has 0 N–H and O–H groups in total. The fourth-order valence-corrected chi connectivity index (χ4v) is 11.1. The molecule has 8 saturated carbocycles. The predicted octanol–water partition coefficient (Wildman–Crippen LogP) is 7.85. The molecule has 1 aromatic heterocycles. The highest BCUT2D eigenvalue weighted by Gasteiger charge is 2.56. The number of benzene rings is 1. The summed E-state index contributed by atoms with van der Waals surface area (Å²) < 4.78 is 1.21. The van der Waals surface area contributed by atoms with Gasteiger partial charge in [0.05, 0.1) is 0 Å². The van der Waals surface area contributed by atoms with Gasteiger partial charge in [0.25, 0.3) is 0 Å². The Labute approximate surface area is 218 Å². The smallest absolute Gasteiger partial charge is 0.163 e. The molecule has 1 heterocycles. The highest BCUT2D eigenvalue weighted by molar-refractivity contribution is 9.10. The van der Waals surface area contributed by atoms with E-state index in [-0.39, 0.29) is 10.8 Å². The lowest BCUT2D eigenvalue weighted by atomic mass is 9.49. The molecule has 2 aromatic rings. The molecule has 8 fully saturated rings. The molecule has 184 valence electrons. The lowest BCUT2D eigenvalue weighted by molar-refractivity contribution is -0.0155. The van der Waals surface area contributed by atoms with Crippen LogP contribution in [0.2, 0.25) is 0 Å². The quantitative estimate of drug-likeness (QED) is 0.404. The van der Waals surface area contributed by atoms with Crippen LogP contribution >= 0.6 is 15.9 Å². The van der Waals surface area contributed by atoms with Crippen LogP contribution in [0.1, 0.15) is 99.8 Å². The molecule has 35 heavy (non-hydrogen) atoms. The van der Waals surface area contributed by atoms with E-state index < -0.39 is 0 Å². The van der Waals surface area contributed by atoms with Gasteiger partial charge < -0.3 is 0 Å². The van der Waals surface area contributed by atoms with Crippen LogP contribution in [-0.4, -0.2) is 15.0 Å². The first-order valence-electron chi connectivity index (χ1n) is 14.4. The van der Waals surface area contributed by atoms with Crippen LogP contribution in [0.4, 0.5) is 0 Å². The molecule has 8 aliphatic rings. The van der Waals surface area contributed by atoms with E-state index in [4.69, 9.17) is 15.0 Å². The van der Waals surface area contributed by atoms with Crippen LogP contribution in [0.5, 0.6) is 0 Å². The first kappa shape index (κ1) is 21.8. The summed E-state index contributed by atoms with van der Waals surface area (Å²) in [7, 11) is 0. The maximum absolute atomic E-state index is 5.57. The van der Waals surface area contributed by atoms with E-state index in [0.29, 0.717) is 0 Å². The Balaban J connectivity index is 1.30. The van der Waals surface area contributed by atoms with Crippen LogP contribution in [0.15, 0.2) is 16.6 Å². The van der Waals surface area contributed by atoms with Gasteiger partial charge in [-0.1, -0.05) is 15.9 Å². The van der Waals surface area contributed by atoms with Gasteiger partial charge in [-0.25, -0.2) is 15.0 Å². The Morgan fingerprint density at radius 3 is 1.29 bits per heavy atom. The molecule has 0 saturated heterocycles. The molecule has 10 rings (SSSR count). The van der Waals surface area contributed by atoms with Gasteiger partial charge in [0, 0.05) is 20.9 Å². The van der Waals surface area contributed by atoms with E-state index in [1.165, 1.54) is 110 Å². The number of halogens is 1. The Bertz CT molecular complexity index is 1060. The van der Waals surface area contributed by atoms with Crippen LogP contribution in [0.3, 0.4) is 0 Å². The average molecular weight is 533 g/mol. The zero-order valence-corrected chi connectivity index (χ0v) is 22.9. The average Bonchev–Trinajstić information content (AvgIpc) is 2.80. The highest BCUT2D eigenvalue weighted by Crippen LogP contribution is 2.62. The van der Waals surface area contributed by atoms with Crippen molar-refractivity contribution >= 4 is 15.9 Å². The summed E-state index contributed by atoms with van der Waals surface area (Å²) in [5.41, 5.74) is 4.15. The van der Waals surface area contributed by atoms with Crippen molar-refractivity contribution in [1.29, 1.82) is 0 Å². The Morgan fingerprint density at radius 1 is 0.600 bits per heavy atom. The first-order valence-corrected chi connectivity index (χ1v) is 15.2. The van der Waals surface area contributed by atoms with E-state index in [1.54, 1.807) is 0 Å². The van der Waals surface area contributed by atoms with Gasteiger partial charge in [0.1, 0.15) is 11.6 Å². The minimum atomic E-state index is 0.211. The Kier molecular flexibility index (Phi) is 4.60. The van der Waals surface area contributed by atoms with Gasteiger partial charge in [0.2, 0.25) is 0 Å². The summed E-state index contributed by atoms with van der Waals surface area (Å²) in [6, 6.07) is 4.58. The lowest BCUT2D eigenvalue weighted by Crippen LogP contribution is -2.51. The maximum Gasteiger partial charge on any atom is 0.163 e. The second-order valence-electron chi connectivity index (χ2n) is 14.1. The number of hydrogen-bond donors (Lipinski definition) is 0. The van der Waals surface area contributed by atoms with Crippen LogP contribution in [0.25, 0.3) is 11.4 Å². The third kappa shape index (κ3) is 3.30. The molecule has 3 nitrogen and oxygen atoms in total. The fraction of sp³-hybridized carbons (Fsp3) is 0.710. The standard InChI is InChI=1S/C31H38BrN3/c1-17-3-25(4-18(2)26(17)32)27-33-28(30-11-19-5-20(12-30)7-21(6-19)13-30)35-29(34-27)31-14-22-8-23(15-31)10-24(9-22)16-31/h3-4,19-24H,5-16H2,1-2H3. The van der Waals surface area contributed by atoms with E-state index >= 15 is 0 Å². The molecule has 0 spiro atoms. The van der Waals surface area contributed by atoms with Crippen molar-refractivity contribution in [2.45, 2.75) is 102 Å². The van der Waals surface area contributed by atoms with E-state index in [1.807, 2.05) is 0 Å². The van der Waals surface area contributed by atoms with Gasteiger partial charge >= 0.3 is 0 Å². The predicted molar refractivity (Wildman–Crippen MR) is 142 cm³/mol. The number of hydrogen-bond acceptors (Lipinski definition) is 3. The van der Waals surface area contributed by atoms with Crippen molar-refractivity contribution in [3.63, 3.8) is 0 Å². The summed E-state index contributed by atoms with van der Waals surface area (Å²) in [5.74, 6) is 8.75. The zero-order valence-electron chi connectivity index (χ0n) is 21.3. The van der Waals surface area contributed by atoms with Crippen molar-refractivity contribution in [2.75, 3.05) is 0 Å². The molecule has 4 heteroatoms. The van der Waals surface area contributed by atoms with E-state index in [0.717, 1.165) is 41.3 Å². The summed E-state index contributed by atoms with van der Waals surface area (Å²) in [4.78, 5) is 16.4. The first-order chi connectivity index (χ1) is 16.9. The minimum Gasteiger partial charge on any atom is -0.217 e. The highest BCUT2D eigenvalue weighted by atomic mass is 79.9. The molecule has 0 atom stereocenters. The summed E-state index contributed by atoms with van der Waals surface area (Å²) >= 11 is 3.78. The Morgan fingerprint density at radius 2 is 0.943 bits per heavy atom. The third-order valence-corrected chi connectivity index (χ3v) is 12.6. The molecule has 0 unspecified atom stereocenters. The van der Waals surface area contributed by atoms with E-state index in [2.05, 4.69) is 41.9 Å². The van der Waals surface area contributed by atoms with Crippen LogP contribution < -0.4 is 0 Å². The second-order valence-corrected chi connectivity index (χ2v) is 14.9. The van der Waals surface area contributed by atoms with Crippen LogP contribution in [0, 0.1) is 49.4 Å². The second kappa shape index (κ2) is 7.39. The molecule has 8 aliphatic carbocycles. The van der Waals surface area contributed by atoms with Gasteiger partial charge in [-0.3, -0.25) is 0 Å². The van der Waals surface area contributed by atoms with Gasteiger partial charge in [-0.05, 0) is 150 Å². The fourth-order valence-electron chi connectivity index (χ4n) is 10.8. The number of rotatable bonds is 3. The summed E-state index contributed by atoms with van der Waals surface area (Å²) in [6.45, 7) is 4.39. The van der Waals surface area contributed by atoms with Crippen molar-refractivity contribution in [3.05, 3.63) is 39.4 Å². The molecule has 0 radical (unpaired) electrons. The third-order valence-electron chi connectivity index (χ3n) is 11.4. The monoisotopic (exact) mass is 531 g/mol. The zero-order chi connectivity index (χ0) is 23.5. The number of aryl methyl sites for hydroxylation is 2. The molecule has 0 aliphatic heterocycles. The number of nitrogens with zero attached hydrogens (tertiary/aromatic N) is 3. The van der Waals surface area contributed by atoms with Gasteiger partial charge in [-0.15, -0.1) is 0 Å². The molecule has 8 bridgehead atoms. The topological polar surface area (TPSA) is 38.7 Å². The maximum atomic E-state index is 5.57. The molecular formula is C31H38BrN3. The minimum absolute atomic E-state index is 0.211. The normalized spacial score (nSPS) is 42.7. The SMILES string of the molecule is Cc1cc(-c2nc(C34CC5CC(CC(C5)C3)C4)nc(C34CC5CC(CC(C5)C3)C4)n2)cc(C)c1Br. The number of aromatic nitrogens is 3. The van der Waals surface area contributed by atoms with Crippen molar-refractivity contribution in [1.82, 2.24) is 15.0 Å².